The Morgan fingerprint density at radius 1 is 0.789 bits per heavy atom. The Bertz CT molecular complexity index is 378. The molecule has 2 rings (SSSR count). The molecule has 3 nitrogen and oxygen atoms in total. The average Bonchev–Trinajstić information content (AvgIpc) is 2.80. The number of hydrazine groups is 2. The molecule has 0 saturated heterocycles. The van der Waals surface area contributed by atoms with Gasteiger partial charge in [0.2, 0.25) is 0 Å². The van der Waals surface area contributed by atoms with Gasteiger partial charge in [-0.3, -0.25) is 10.0 Å². The maximum atomic E-state index is 3.53. The average molecular weight is 261 g/mol. The lowest BCUT2D eigenvalue weighted by molar-refractivity contribution is 0.565. The third-order valence-corrected chi connectivity index (χ3v) is 3.68. The molecular weight excluding hydrogens is 234 g/mol. The second kappa shape index (κ2) is 7.39. The number of hydrogen-bond acceptors (Lipinski definition) is 3. The lowest BCUT2D eigenvalue weighted by Crippen LogP contribution is -2.45. The first-order chi connectivity index (χ1) is 9.36. The van der Waals surface area contributed by atoms with Crippen LogP contribution in [0.5, 0.6) is 0 Å². The normalized spacial score (nSPS) is 14.0. The Labute approximate surface area is 117 Å². The number of nitrogens with one attached hydrogen (secondary N) is 1. The molecule has 0 atom stereocenters. The zero-order valence-corrected chi connectivity index (χ0v) is 12.4. The molecule has 1 heterocycles. The minimum Gasteiger partial charge on any atom is -0.289 e. The quantitative estimate of drug-likeness (QED) is 0.710. The monoisotopic (exact) mass is 261 g/mol. The van der Waals surface area contributed by atoms with Gasteiger partial charge >= 0.3 is 0 Å². The van der Waals surface area contributed by atoms with Crippen LogP contribution in [0, 0.1) is 0 Å². The van der Waals surface area contributed by atoms with Crippen LogP contribution in [0.15, 0.2) is 24.3 Å². The van der Waals surface area contributed by atoms with Crippen LogP contribution in [0.4, 0.5) is 11.4 Å². The van der Waals surface area contributed by atoms with E-state index in [0.717, 1.165) is 13.1 Å². The van der Waals surface area contributed by atoms with Crippen LogP contribution in [-0.2, 0) is 0 Å². The van der Waals surface area contributed by atoms with Crippen molar-refractivity contribution in [3.63, 3.8) is 0 Å². The lowest BCUT2D eigenvalue weighted by Gasteiger charge is -2.22. The van der Waals surface area contributed by atoms with Crippen molar-refractivity contribution in [1.29, 1.82) is 0 Å². The summed E-state index contributed by atoms with van der Waals surface area (Å²) in [6.45, 7) is 6.68. The molecule has 0 unspecified atom stereocenters. The molecule has 0 saturated carbocycles. The van der Waals surface area contributed by atoms with Crippen molar-refractivity contribution in [1.82, 2.24) is 5.53 Å². The summed E-state index contributed by atoms with van der Waals surface area (Å²) in [6.07, 6.45) is 7.69. The van der Waals surface area contributed by atoms with E-state index in [9.17, 15) is 0 Å². The number of rotatable bonds is 8. The fourth-order valence-corrected chi connectivity index (χ4v) is 2.53. The summed E-state index contributed by atoms with van der Waals surface area (Å²) in [5, 5.41) is 4.60. The molecule has 0 fully saturated rings. The van der Waals surface area contributed by atoms with Gasteiger partial charge in [-0.15, -0.1) is 5.53 Å². The fourth-order valence-electron chi connectivity index (χ4n) is 2.53. The summed E-state index contributed by atoms with van der Waals surface area (Å²) in [5.74, 6) is 0. The van der Waals surface area contributed by atoms with E-state index in [4.69, 9.17) is 0 Å². The maximum absolute atomic E-state index is 3.53. The highest BCUT2D eigenvalue weighted by atomic mass is 15.8. The highest BCUT2D eigenvalue weighted by Gasteiger charge is 2.23. The summed E-state index contributed by atoms with van der Waals surface area (Å²) in [6, 6.07) is 8.68. The van der Waals surface area contributed by atoms with Crippen molar-refractivity contribution < 1.29 is 0 Å². The predicted octanol–water partition coefficient (Wildman–Crippen LogP) is 4.11. The Morgan fingerprint density at radius 3 is 1.95 bits per heavy atom. The Balaban J connectivity index is 1.95. The second-order valence-electron chi connectivity index (χ2n) is 5.31. The molecule has 0 bridgehead atoms. The zero-order valence-electron chi connectivity index (χ0n) is 12.4. The first kappa shape index (κ1) is 14.2. The van der Waals surface area contributed by atoms with Gasteiger partial charge in [-0.2, -0.15) is 0 Å². The SMILES string of the molecule is CCCCCCN1NN(CCCC)c2ccccc21. The number of benzene rings is 1. The minimum absolute atomic E-state index is 1.08. The van der Waals surface area contributed by atoms with Crippen molar-refractivity contribution in [2.75, 3.05) is 23.1 Å². The van der Waals surface area contributed by atoms with E-state index in [2.05, 4.69) is 53.7 Å². The van der Waals surface area contributed by atoms with Crippen molar-refractivity contribution in [3.8, 4) is 0 Å². The number of fused-ring (bicyclic) bond motifs is 1. The van der Waals surface area contributed by atoms with Gasteiger partial charge in [0.05, 0.1) is 11.4 Å². The van der Waals surface area contributed by atoms with E-state index in [1.807, 2.05) is 0 Å². The third-order valence-electron chi connectivity index (χ3n) is 3.68. The van der Waals surface area contributed by atoms with Crippen molar-refractivity contribution in [2.45, 2.75) is 52.4 Å². The molecular formula is C16H27N3. The van der Waals surface area contributed by atoms with Gasteiger partial charge < -0.3 is 0 Å². The largest absolute Gasteiger partial charge is 0.289 e. The van der Waals surface area contributed by atoms with Crippen molar-refractivity contribution in [2.24, 2.45) is 0 Å². The number of hydrogen-bond donors (Lipinski definition) is 1. The summed E-state index contributed by atoms with van der Waals surface area (Å²) >= 11 is 0. The second-order valence-corrected chi connectivity index (χ2v) is 5.31. The molecule has 0 spiro atoms. The first-order valence-corrected chi connectivity index (χ1v) is 7.77. The van der Waals surface area contributed by atoms with Gasteiger partial charge in [-0.25, -0.2) is 0 Å². The third kappa shape index (κ3) is 3.63. The van der Waals surface area contributed by atoms with Gasteiger partial charge in [-0.05, 0) is 25.0 Å². The number of anilines is 2. The molecule has 0 aromatic heterocycles. The van der Waals surface area contributed by atoms with E-state index in [1.165, 1.54) is 49.9 Å². The van der Waals surface area contributed by atoms with E-state index >= 15 is 0 Å². The van der Waals surface area contributed by atoms with E-state index < -0.39 is 0 Å². The van der Waals surface area contributed by atoms with Gasteiger partial charge in [0, 0.05) is 13.1 Å². The summed E-state index contributed by atoms with van der Waals surface area (Å²) < 4.78 is 0. The minimum atomic E-state index is 1.08. The molecule has 106 valence electrons. The molecule has 1 aromatic carbocycles. The molecule has 1 aliphatic rings. The lowest BCUT2D eigenvalue weighted by atomic mass is 10.2. The zero-order chi connectivity index (χ0) is 13.5. The smallest absolute Gasteiger partial charge is 0.0785 e. The summed E-state index contributed by atoms with van der Waals surface area (Å²) in [7, 11) is 0. The Kier molecular flexibility index (Phi) is 5.52. The van der Waals surface area contributed by atoms with Crippen molar-refractivity contribution in [3.05, 3.63) is 24.3 Å². The van der Waals surface area contributed by atoms with Crippen LogP contribution < -0.4 is 15.6 Å². The predicted molar refractivity (Wildman–Crippen MR) is 83.3 cm³/mol. The molecule has 0 radical (unpaired) electrons. The number of nitrogens with zero attached hydrogens (tertiary/aromatic N) is 2. The molecule has 1 aromatic rings. The van der Waals surface area contributed by atoms with Gasteiger partial charge in [-0.1, -0.05) is 51.7 Å². The van der Waals surface area contributed by atoms with Gasteiger partial charge in [0.15, 0.2) is 0 Å². The molecule has 3 heteroatoms. The first-order valence-electron chi connectivity index (χ1n) is 7.77. The maximum Gasteiger partial charge on any atom is 0.0785 e. The molecule has 0 aliphatic carbocycles. The molecule has 19 heavy (non-hydrogen) atoms. The standard InChI is InChI=1S/C16H27N3/c1-3-5-7-10-14-19-16-12-9-8-11-15(16)18(17-19)13-6-4-2/h8-9,11-12,17H,3-7,10,13-14H2,1-2H3. The molecule has 1 aliphatic heterocycles. The Hall–Kier alpha value is -1.22. The van der Waals surface area contributed by atoms with Crippen LogP contribution in [0.25, 0.3) is 0 Å². The summed E-state index contributed by atoms with van der Waals surface area (Å²) in [4.78, 5) is 0. The number of unbranched alkanes of at least 4 members (excludes halogenated alkanes) is 4. The Morgan fingerprint density at radius 2 is 1.37 bits per heavy atom. The van der Waals surface area contributed by atoms with E-state index in [1.54, 1.807) is 0 Å². The summed E-state index contributed by atoms with van der Waals surface area (Å²) in [5.41, 5.74) is 6.19. The fraction of sp³-hybridized carbons (Fsp3) is 0.625. The molecule has 0 amide bonds. The molecule has 1 N–H and O–H groups in total. The van der Waals surface area contributed by atoms with Crippen molar-refractivity contribution >= 4 is 11.4 Å². The van der Waals surface area contributed by atoms with E-state index in [-0.39, 0.29) is 0 Å². The van der Waals surface area contributed by atoms with Crippen LogP contribution in [-0.4, -0.2) is 13.1 Å². The number of para-hydroxylation sites is 2. The van der Waals surface area contributed by atoms with E-state index in [0.29, 0.717) is 0 Å². The van der Waals surface area contributed by atoms with Crippen LogP contribution in [0.2, 0.25) is 0 Å². The van der Waals surface area contributed by atoms with Crippen LogP contribution >= 0.6 is 0 Å². The van der Waals surface area contributed by atoms with Gasteiger partial charge in [0.25, 0.3) is 0 Å². The highest BCUT2D eigenvalue weighted by Crippen LogP contribution is 2.33. The highest BCUT2D eigenvalue weighted by molar-refractivity contribution is 5.74. The topological polar surface area (TPSA) is 18.5 Å². The van der Waals surface area contributed by atoms with Crippen LogP contribution in [0.3, 0.4) is 0 Å². The van der Waals surface area contributed by atoms with Crippen LogP contribution in [0.1, 0.15) is 52.4 Å². The van der Waals surface area contributed by atoms with Gasteiger partial charge in [0.1, 0.15) is 0 Å².